The van der Waals surface area contributed by atoms with Crippen LogP contribution in [0.3, 0.4) is 0 Å². The van der Waals surface area contributed by atoms with E-state index in [0.717, 1.165) is 16.5 Å². The standard InChI is InChI=1S/C14H19BrN2O/c1-2-13(10-3-5-11(15)6-4-10)17-14(18)9-16-12-7-8-12/h3-6,12-13,16H,2,7-9H2,1H3,(H,17,18). The van der Waals surface area contributed by atoms with E-state index in [9.17, 15) is 4.79 Å². The molecule has 0 spiro atoms. The molecule has 0 bridgehead atoms. The maximum Gasteiger partial charge on any atom is 0.234 e. The van der Waals surface area contributed by atoms with Crippen LogP contribution in [-0.2, 0) is 4.79 Å². The van der Waals surface area contributed by atoms with Gasteiger partial charge in [-0.3, -0.25) is 4.79 Å². The van der Waals surface area contributed by atoms with Crippen molar-refractivity contribution in [2.24, 2.45) is 0 Å². The van der Waals surface area contributed by atoms with E-state index in [1.165, 1.54) is 12.8 Å². The number of amides is 1. The molecule has 0 radical (unpaired) electrons. The number of rotatable bonds is 6. The third-order valence-corrected chi connectivity index (χ3v) is 3.67. The van der Waals surface area contributed by atoms with Crippen LogP contribution < -0.4 is 10.6 Å². The first-order valence-electron chi connectivity index (χ1n) is 6.47. The summed E-state index contributed by atoms with van der Waals surface area (Å²) in [4.78, 5) is 11.8. The first-order valence-corrected chi connectivity index (χ1v) is 7.26. The average molecular weight is 311 g/mol. The van der Waals surface area contributed by atoms with E-state index < -0.39 is 0 Å². The van der Waals surface area contributed by atoms with Crippen molar-refractivity contribution in [2.75, 3.05) is 6.54 Å². The molecule has 1 unspecified atom stereocenters. The molecule has 1 aromatic carbocycles. The van der Waals surface area contributed by atoms with Crippen molar-refractivity contribution in [2.45, 2.75) is 38.3 Å². The average Bonchev–Trinajstić information content (AvgIpc) is 3.19. The summed E-state index contributed by atoms with van der Waals surface area (Å²) < 4.78 is 1.06. The van der Waals surface area contributed by atoms with Crippen LogP contribution in [0.25, 0.3) is 0 Å². The fraction of sp³-hybridized carbons (Fsp3) is 0.500. The van der Waals surface area contributed by atoms with Gasteiger partial charge in [-0.2, -0.15) is 0 Å². The molecular weight excluding hydrogens is 292 g/mol. The van der Waals surface area contributed by atoms with Crippen molar-refractivity contribution < 1.29 is 4.79 Å². The topological polar surface area (TPSA) is 41.1 Å². The zero-order valence-electron chi connectivity index (χ0n) is 10.6. The summed E-state index contributed by atoms with van der Waals surface area (Å²) in [7, 11) is 0. The Kier molecular flexibility index (Phi) is 4.78. The van der Waals surface area contributed by atoms with E-state index in [2.05, 4.69) is 33.5 Å². The van der Waals surface area contributed by atoms with Gasteiger partial charge in [-0.15, -0.1) is 0 Å². The quantitative estimate of drug-likeness (QED) is 0.848. The highest BCUT2D eigenvalue weighted by atomic mass is 79.9. The normalized spacial score (nSPS) is 16.3. The van der Waals surface area contributed by atoms with Crippen LogP contribution in [0.15, 0.2) is 28.7 Å². The summed E-state index contributed by atoms with van der Waals surface area (Å²) in [6.07, 6.45) is 3.31. The molecule has 0 aromatic heterocycles. The summed E-state index contributed by atoms with van der Waals surface area (Å²) in [5.41, 5.74) is 1.15. The molecule has 1 aliphatic carbocycles. The molecule has 4 heteroatoms. The molecule has 1 fully saturated rings. The summed E-state index contributed by atoms with van der Waals surface area (Å²) in [5.74, 6) is 0.0802. The smallest absolute Gasteiger partial charge is 0.234 e. The number of halogens is 1. The second kappa shape index (κ2) is 6.34. The molecular formula is C14H19BrN2O. The third kappa shape index (κ3) is 4.10. The van der Waals surface area contributed by atoms with Crippen LogP contribution in [0, 0.1) is 0 Å². The first kappa shape index (κ1) is 13.6. The minimum Gasteiger partial charge on any atom is -0.348 e. The predicted octanol–water partition coefficient (Wildman–Crippen LogP) is 2.77. The van der Waals surface area contributed by atoms with E-state index in [4.69, 9.17) is 0 Å². The lowest BCUT2D eigenvalue weighted by Gasteiger charge is -2.17. The van der Waals surface area contributed by atoms with Crippen molar-refractivity contribution in [3.8, 4) is 0 Å². The van der Waals surface area contributed by atoms with Gasteiger partial charge >= 0.3 is 0 Å². The minimum atomic E-state index is 0.0802. The summed E-state index contributed by atoms with van der Waals surface area (Å²) in [5, 5.41) is 6.30. The molecule has 98 valence electrons. The fourth-order valence-corrected chi connectivity index (χ4v) is 2.15. The maximum atomic E-state index is 11.8. The van der Waals surface area contributed by atoms with Gasteiger partial charge in [0, 0.05) is 10.5 Å². The summed E-state index contributed by atoms with van der Waals surface area (Å²) in [6, 6.07) is 8.79. The molecule has 18 heavy (non-hydrogen) atoms. The highest BCUT2D eigenvalue weighted by Gasteiger charge is 2.21. The van der Waals surface area contributed by atoms with Gasteiger partial charge in [-0.25, -0.2) is 0 Å². The number of carbonyl (C=O) groups is 1. The van der Waals surface area contributed by atoms with Gasteiger partial charge < -0.3 is 10.6 Å². The molecule has 0 heterocycles. The Morgan fingerprint density at radius 3 is 2.61 bits per heavy atom. The Bertz CT molecular complexity index is 401. The van der Waals surface area contributed by atoms with E-state index in [1.807, 2.05) is 24.3 Å². The second-order valence-corrected chi connectivity index (χ2v) is 5.65. The lowest BCUT2D eigenvalue weighted by atomic mass is 10.0. The van der Waals surface area contributed by atoms with Crippen LogP contribution in [-0.4, -0.2) is 18.5 Å². The Labute approximate surface area is 116 Å². The SMILES string of the molecule is CCC(NC(=O)CNC1CC1)c1ccc(Br)cc1. The van der Waals surface area contributed by atoms with Crippen molar-refractivity contribution in [3.05, 3.63) is 34.3 Å². The van der Waals surface area contributed by atoms with Crippen LogP contribution in [0.4, 0.5) is 0 Å². The highest BCUT2D eigenvalue weighted by molar-refractivity contribution is 9.10. The molecule has 1 aromatic rings. The Hall–Kier alpha value is -0.870. The van der Waals surface area contributed by atoms with Crippen molar-refractivity contribution in [3.63, 3.8) is 0 Å². The first-order chi connectivity index (χ1) is 8.69. The van der Waals surface area contributed by atoms with Crippen LogP contribution >= 0.6 is 15.9 Å². The van der Waals surface area contributed by atoms with Crippen molar-refractivity contribution in [1.29, 1.82) is 0 Å². The predicted molar refractivity (Wildman–Crippen MR) is 76.3 cm³/mol. The van der Waals surface area contributed by atoms with Crippen LogP contribution in [0.5, 0.6) is 0 Å². The molecule has 3 nitrogen and oxygen atoms in total. The number of nitrogens with one attached hydrogen (secondary N) is 2. The number of carbonyl (C=O) groups excluding carboxylic acids is 1. The molecule has 1 atom stereocenters. The minimum absolute atomic E-state index is 0.0802. The van der Waals surface area contributed by atoms with Gasteiger partial charge in [0.05, 0.1) is 12.6 Å². The molecule has 1 aliphatic rings. The Morgan fingerprint density at radius 1 is 1.39 bits per heavy atom. The van der Waals surface area contributed by atoms with Gasteiger partial charge in [-0.1, -0.05) is 35.0 Å². The van der Waals surface area contributed by atoms with Crippen LogP contribution in [0.2, 0.25) is 0 Å². The molecule has 2 rings (SSSR count). The summed E-state index contributed by atoms with van der Waals surface area (Å²) >= 11 is 3.42. The molecule has 0 saturated heterocycles. The van der Waals surface area contributed by atoms with Gasteiger partial charge in [0.1, 0.15) is 0 Å². The zero-order chi connectivity index (χ0) is 13.0. The number of hydrogen-bond donors (Lipinski definition) is 2. The zero-order valence-corrected chi connectivity index (χ0v) is 12.2. The molecule has 1 amide bonds. The second-order valence-electron chi connectivity index (χ2n) is 4.74. The van der Waals surface area contributed by atoms with E-state index in [0.29, 0.717) is 12.6 Å². The lowest BCUT2D eigenvalue weighted by Crippen LogP contribution is -2.36. The monoisotopic (exact) mass is 310 g/mol. The molecule has 1 saturated carbocycles. The van der Waals surface area contributed by atoms with E-state index in [1.54, 1.807) is 0 Å². The highest BCUT2D eigenvalue weighted by Crippen LogP contribution is 2.20. The Balaban J connectivity index is 1.87. The number of benzene rings is 1. The van der Waals surface area contributed by atoms with Crippen LogP contribution in [0.1, 0.15) is 37.8 Å². The van der Waals surface area contributed by atoms with Gasteiger partial charge in [0.2, 0.25) is 5.91 Å². The van der Waals surface area contributed by atoms with E-state index >= 15 is 0 Å². The van der Waals surface area contributed by atoms with Gasteiger partial charge in [-0.05, 0) is 37.0 Å². The molecule has 2 N–H and O–H groups in total. The van der Waals surface area contributed by atoms with Crippen molar-refractivity contribution in [1.82, 2.24) is 10.6 Å². The van der Waals surface area contributed by atoms with Gasteiger partial charge in [0.25, 0.3) is 0 Å². The van der Waals surface area contributed by atoms with E-state index in [-0.39, 0.29) is 11.9 Å². The third-order valence-electron chi connectivity index (χ3n) is 3.14. The molecule has 0 aliphatic heterocycles. The Morgan fingerprint density at radius 2 is 2.06 bits per heavy atom. The van der Waals surface area contributed by atoms with Crippen molar-refractivity contribution >= 4 is 21.8 Å². The largest absolute Gasteiger partial charge is 0.348 e. The summed E-state index contributed by atoms with van der Waals surface area (Å²) in [6.45, 7) is 2.51. The lowest BCUT2D eigenvalue weighted by molar-refractivity contribution is -0.121. The maximum absolute atomic E-state index is 11.8. The number of hydrogen-bond acceptors (Lipinski definition) is 2. The van der Waals surface area contributed by atoms with Gasteiger partial charge in [0.15, 0.2) is 0 Å². The fourth-order valence-electron chi connectivity index (χ4n) is 1.89.